The quantitative estimate of drug-likeness (QED) is 0.543. The lowest BCUT2D eigenvalue weighted by Crippen LogP contribution is -2.55. The molecule has 2 heterocycles. The van der Waals surface area contributed by atoms with Crippen LogP contribution >= 0.6 is 0 Å². The largest absolute Gasteiger partial charge is 0.448 e. The van der Waals surface area contributed by atoms with Crippen molar-refractivity contribution in [3.63, 3.8) is 0 Å². The van der Waals surface area contributed by atoms with Gasteiger partial charge in [-0.1, -0.05) is 66.2 Å². The maximum absolute atomic E-state index is 13.5. The molecule has 0 aromatic heterocycles. The van der Waals surface area contributed by atoms with E-state index >= 15 is 0 Å². The third-order valence-electron chi connectivity index (χ3n) is 5.41. The van der Waals surface area contributed by atoms with Crippen LogP contribution in [0.15, 0.2) is 71.8 Å². The maximum Gasteiger partial charge on any atom is 0.376 e. The predicted octanol–water partition coefficient (Wildman–Crippen LogP) is 3.46. The van der Waals surface area contributed by atoms with Gasteiger partial charge in [0.25, 0.3) is 5.91 Å². The van der Waals surface area contributed by atoms with Crippen LogP contribution in [0.1, 0.15) is 43.9 Å². The van der Waals surface area contributed by atoms with Crippen LogP contribution in [-0.2, 0) is 28.7 Å². The number of allylic oxidation sites excluding steroid dienone is 1. The number of benzene rings is 2. The average Bonchev–Trinajstić information content (AvgIpc) is 3.36. The molecule has 7 heteroatoms. The molecule has 1 amide bonds. The number of ether oxygens (including phenoxy) is 2. The number of hydroxylamine groups is 2. The van der Waals surface area contributed by atoms with Gasteiger partial charge in [-0.3, -0.25) is 14.4 Å². The van der Waals surface area contributed by atoms with Gasteiger partial charge in [0.05, 0.1) is 6.42 Å². The third-order valence-corrected chi connectivity index (χ3v) is 5.41. The van der Waals surface area contributed by atoms with Crippen LogP contribution in [-0.4, -0.2) is 35.2 Å². The fourth-order valence-corrected chi connectivity index (χ4v) is 3.71. The van der Waals surface area contributed by atoms with Gasteiger partial charge < -0.3 is 9.47 Å². The van der Waals surface area contributed by atoms with Gasteiger partial charge in [0.2, 0.25) is 0 Å². The predicted molar refractivity (Wildman–Crippen MR) is 110 cm³/mol. The molecule has 0 N–H and O–H groups in total. The molecule has 2 aromatic carbocycles. The zero-order valence-corrected chi connectivity index (χ0v) is 17.4. The standard InChI is InChI=1S/C24H23NO6/c1-16(2)19-15-29-25(22(19)27)24(14-13-20(26)31-24)23(28)30-21(17-9-5-3-6-10-17)18-11-7-4-8-12-18/h3-12,21H,13-15H2,1-2H3. The van der Waals surface area contributed by atoms with Crippen molar-refractivity contribution >= 4 is 17.8 Å². The number of cyclic esters (lactones) is 1. The first kappa shape index (κ1) is 20.8. The van der Waals surface area contributed by atoms with Gasteiger partial charge in [0.1, 0.15) is 6.61 Å². The number of carbonyl (C=O) groups is 3. The molecule has 2 saturated heterocycles. The van der Waals surface area contributed by atoms with Crippen molar-refractivity contribution in [2.45, 2.75) is 38.5 Å². The van der Waals surface area contributed by atoms with E-state index in [9.17, 15) is 14.4 Å². The highest BCUT2D eigenvalue weighted by Gasteiger charge is 2.59. The lowest BCUT2D eigenvalue weighted by atomic mass is 10.0. The SMILES string of the molecule is CC(C)=C1CON(C2(C(=O)OC(c3ccccc3)c3ccccc3)CCC(=O)O2)C1=O. The Hall–Kier alpha value is -3.45. The summed E-state index contributed by atoms with van der Waals surface area (Å²) in [6, 6.07) is 18.5. The van der Waals surface area contributed by atoms with Crippen molar-refractivity contribution in [2.75, 3.05) is 6.61 Å². The highest BCUT2D eigenvalue weighted by atomic mass is 16.8. The van der Waals surface area contributed by atoms with Crippen LogP contribution in [0.2, 0.25) is 0 Å². The molecule has 0 bridgehead atoms. The zero-order valence-electron chi connectivity index (χ0n) is 17.4. The van der Waals surface area contributed by atoms with E-state index < -0.39 is 29.7 Å². The number of nitrogens with zero attached hydrogens (tertiary/aromatic N) is 1. The van der Waals surface area contributed by atoms with Crippen molar-refractivity contribution in [1.29, 1.82) is 0 Å². The number of hydrogen-bond donors (Lipinski definition) is 0. The zero-order chi connectivity index (χ0) is 22.0. The second kappa shape index (κ2) is 8.35. The summed E-state index contributed by atoms with van der Waals surface area (Å²) in [5.74, 6) is -1.93. The van der Waals surface area contributed by atoms with E-state index in [0.29, 0.717) is 5.57 Å². The van der Waals surface area contributed by atoms with Crippen LogP contribution in [0.4, 0.5) is 0 Å². The van der Waals surface area contributed by atoms with E-state index in [1.54, 1.807) is 13.8 Å². The molecule has 1 atom stereocenters. The van der Waals surface area contributed by atoms with Gasteiger partial charge in [-0.15, -0.1) is 0 Å². The summed E-state index contributed by atoms with van der Waals surface area (Å²) in [6.45, 7) is 3.58. The minimum atomic E-state index is -1.95. The van der Waals surface area contributed by atoms with Crippen molar-refractivity contribution in [3.8, 4) is 0 Å². The Labute approximate surface area is 180 Å². The van der Waals surface area contributed by atoms with E-state index in [-0.39, 0.29) is 19.4 Å². The number of amides is 1. The van der Waals surface area contributed by atoms with Crippen LogP contribution in [0.5, 0.6) is 0 Å². The summed E-state index contributed by atoms with van der Waals surface area (Å²) < 4.78 is 11.3. The van der Waals surface area contributed by atoms with E-state index in [2.05, 4.69) is 0 Å². The van der Waals surface area contributed by atoms with Crippen LogP contribution in [0.25, 0.3) is 0 Å². The van der Waals surface area contributed by atoms with Crippen LogP contribution in [0, 0.1) is 0 Å². The van der Waals surface area contributed by atoms with Crippen molar-refractivity contribution in [3.05, 3.63) is 82.9 Å². The molecule has 0 radical (unpaired) electrons. The van der Waals surface area contributed by atoms with E-state index in [1.165, 1.54) is 0 Å². The van der Waals surface area contributed by atoms with Crippen LogP contribution in [0.3, 0.4) is 0 Å². The van der Waals surface area contributed by atoms with Gasteiger partial charge in [-0.05, 0) is 25.0 Å². The summed E-state index contributed by atoms with van der Waals surface area (Å²) in [7, 11) is 0. The number of hydrogen-bond acceptors (Lipinski definition) is 6. The van der Waals surface area contributed by atoms with Crippen LogP contribution < -0.4 is 0 Å². The topological polar surface area (TPSA) is 82.1 Å². The van der Waals surface area contributed by atoms with Gasteiger partial charge in [0.15, 0.2) is 6.10 Å². The van der Waals surface area contributed by atoms with Gasteiger partial charge in [0, 0.05) is 12.0 Å². The Morgan fingerprint density at radius 2 is 1.58 bits per heavy atom. The minimum absolute atomic E-state index is 0.00848. The molecular weight excluding hydrogens is 398 g/mol. The molecule has 0 spiro atoms. The summed E-state index contributed by atoms with van der Waals surface area (Å²) >= 11 is 0. The van der Waals surface area contributed by atoms with E-state index in [0.717, 1.165) is 21.8 Å². The first-order valence-electron chi connectivity index (χ1n) is 10.1. The molecule has 2 fully saturated rings. The average molecular weight is 421 g/mol. The van der Waals surface area contributed by atoms with E-state index in [1.807, 2.05) is 60.7 Å². The summed E-state index contributed by atoms with van der Waals surface area (Å²) in [4.78, 5) is 44.0. The fraction of sp³-hybridized carbons (Fsp3) is 0.292. The summed E-state index contributed by atoms with van der Waals surface area (Å²) in [5, 5.41) is 0.871. The Balaban J connectivity index is 1.70. The number of rotatable bonds is 5. The fourth-order valence-electron chi connectivity index (χ4n) is 3.71. The lowest BCUT2D eigenvalue weighted by molar-refractivity contribution is -0.260. The Morgan fingerprint density at radius 1 is 1.00 bits per heavy atom. The Bertz CT molecular complexity index is 989. The smallest absolute Gasteiger partial charge is 0.376 e. The lowest BCUT2D eigenvalue weighted by Gasteiger charge is -2.33. The van der Waals surface area contributed by atoms with Gasteiger partial charge in [-0.2, -0.15) is 5.06 Å². The molecule has 2 aliphatic rings. The highest BCUT2D eigenvalue weighted by Crippen LogP contribution is 2.38. The monoisotopic (exact) mass is 421 g/mol. The third kappa shape index (κ3) is 3.84. The number of carbonyl (C=O) groups excluding carboxylic acids is 3. The van der Waals surface area contributed by atoms with Gasteiger partial charge in [-0.25, -0.2) is 4.79 Å². The van der Waals surface area contributed by atoms with Crippen molar-refractivity contribution in [1.82, 2.24) is 5.06 Å². The van der Waals surface area contributed by atoms with Gasteiger partial charge >= 0.3 is 17.7 Å². The molecule has 0 aliphatic carbocycles. The first-order chi connectivity index (χ1) is 14.9. The minimum Gasteiger partial charge on any atom is -0.448 e. The second-order valence-corrected chi connectivity index (χ2v) is 7.72. The number of esters is 2. The molecular formula is C24H23NO6. The molecule has 7 nitrogen and oxygen atoms in total. The Morgan fingerprint density at radius 3 is 2.03 bits per heavy atom. The van der Waals surface area contributed by atoms with Crippen molar-refractivity contribution in [2.24, 2.45) is 0 Å². The summed E-state index contributed by atoms with van der Waals surface area (Å²) in [6.07, 6.45) is -0.803. The normalized spacial score (nSPS) is 20.9. The Kier molecular flexibility index (Phi) is 5.61. The molecule has 1 unspecified atom stereocenters. The molecule has 4 rings (SSSR count). The first-order valence-corrected chi connectivity index (χ1v) is 10.1. The maximum atomic E-state index is 13.5. The second-order valence-electron chi connectivity index (χ2n) is 7.72. The van der Waals surface area contributed by atoms with Crippen molar-refractivity contribution < 1.29 is 28.7 Å². The highest BCUT2D eigenvalue weighted by molar-refractivity contribution is 5.99. The molecule has 31 heavy (non-hydrogen) atoms. The molecule has 2 aliphatic heterocycles. The van der Waals surface area contributed by atoms with E-state index in [4.69, 9.17) is 14.3 Å². The summed E-state index contributed by atoms with van der Waals surface area (Å²) in [5.41, 5.74) is 0.748. The molecule has 160 valence electrons. The molecule has 0 saturated carbocycles. The molecule has 2 aromatic rings.